The second-order valence-corrected chi connectivity index (χ2v) is 5.77. The summed E-state index contributed by atoms with van der Waals surface area (Å²) in [6, 6.07) is 0.640. The lowest BCUT2D eigenvalue weighted by Crippen LogP contribution is -2.28. The molecule has 2 aromatic rings. The van der Waals surface area contributed by atoms with E-state index in [2.05, 4.69) is 15.3 Å². The van der Waals surface area contributed by atoms with Crippen LogP contribution in [0.3, 0.4) is 0 Å². The topological polar surface area (TPSA) is 54.9 Å². The smallest absolute Gasteiger partial charge is 0.352 e. The minimum atomic E-state index is -4.67. The fraction of sp³-hybridized carbons (Fsp3) is 0.308. The highest BCUT2D eigenvalue weighted by Gasteiger charge is 2.35. The molecular weight excluding hydrogens is 339 g/mol. The summed E-state index contributed by atoms with van der Waals surface area (Å²) >= 11 is 6.90. The van der Waals surface area contributed by atoms with Gasteiger partial charge >= 0.3 is 6.18 Å². The van der Waals surface area contributed by atoms with Gasteiger partial charge in [0, 0.05) is 30.2 Å². The molecule has 0 unspecified atom stereocenters. The van der Waals surface area contributed by atoms with Crippen LogP contribution >= 0.6 is 22.9 Å². The van der Waals surface area contributed by atoms with Crippen molar-refractivity contribution < 1.29 is 18.0 Å². The van der Waals surface area contributed by atoms with Gasteiger partial charge in [0.15, 0.2) is 0 Å². The summed E-state index contributed by atoms with van der Waals surface area (Å²) in [7, 11) is 0. The first-order chi connectivity index (χ1) is 10.3. The third-order valence-corrected chi connectivity index (χ3v) is 3.94. The molecule has 118 valence electrons. The zero-order valence-corrected chi connectivity index (χ0v) is 12.9. The molecule has 0 aliphatic heterocycles. The molecule has 0 saturated carbocycles. The first kappa shape index (κ1) is 16.7. The minimum Gasteiger partial charge on any atom is -0.352 e. The molecule has 0 bridgehead atoms. The van der Waals surface area contributed by atoms with Gasteiger partial charge in [0.1, 0.15) is 5.15 Å². The maximum Gasteiger partial charge on any atom is 0.417 e. The largest absolute Gasteiger partial charge is 0.417 e. The predicted molar refractivity (Wildman–Crippen MR) is 77.1 cm³/mol. The molecule has 0 atom stereocenters. The minimum absolute atomic E-state index is 0.186. The Balaban J connectivity index is 2.06. The van der Waals surface area contributed by atoms with E-state index in [1.807, 2.05) is 12.3 Å². The van der Waals surface area contributed by atoms with Crippen LogP contribution in [0.2, 0.25) is 5.15 Å². The zero-order chi connectivity index (χ0) is 16.3. The second-order valence-electron chi connectivity index (χ2n) is 4.44. The van der Waals surface area contributed by atoms with Gasteiger partial charge in [0.2, 0.25) is 0 Å². The molecule has 9 heteroatoms. The van der Waals surface area contributed by atoms with Crippen LogP contribution in [0.4, 0.5) is 13.2 Å². The summed E-state index contributed by atoms with van der Waals surface area (Å²) in [5, 5.41) is 4.79. The van der Waals surface area contributed by atoms with E-state index in [4.69, 9.17) is 11.6 Å². The standard InChI is InChI=1S/C13H11ClF3N3OS/c1-7-6-22-11(20-7)2-3-18-12(21)8-5-19-10(14)4-9(8)13(15,16)17/h4-6H,2-3H2,1H3,(H,18,21). The van der Waals surface area contributed by atoms with Crippen molar-refractivity contribution >= 4 is 28.8 Å². The lowest BCUT2D eigenvalue weighted by atomic mass is 10.1. The third kappa shape index (κ3) is 4.17. The molecule has 1 N–H and O–H groups in total. The molecular formula is C13H11ClF3N3OS. The van der Waals surface area contributed by atoms with Crippen molar-refractivity contribution in [2.45, 2.75) is 19.5 Å². The van der Waals surface area contributed by atoms with Crippen molar-refractivity contribution in [3.8, 4) is 0 Å². The van der Waals surface area contributed by atoms with Gasteiger partial charge in [-0.05, 0) is 13.0 Å². The number of carbonyl (C=O) groups is 1. The molecule has 0 radical (unpaired) electrons. The summed E-state index contributed by atoms with van der Waals surface area (Å²) in [5.41, 5.74) is -0.783. The average molecular weight is 350 g/mol. The van der Waals surface area contributed by atoms with Crippen LogP contribution < -0.4 is 5.32 Å². The fourth-order valence-corrected chi connectivity index (χ4v) is 2.67. The second kappa shape index (κ2) is 6.62. The highest BCUT2D eigenvalue weighted by atomic mass is 35.5. The van der Waals surface area contributed by atoms with E-state index in [1.54, 1.807) is 0 Å². The first-order valence-corrected chi connectivity index (χ1v) is 7.45. The van der Waals surface area contributed by atoms with Gasteiger partial charge in [-0.25, -0.2) is 9.97 Å². The Morgan fingerprint density at radius 1 is 1.45 bits per heavy atom. The van der Waals surface area contributed by atoms with Crippen LogP contribution in [-0.4, -0.2) is 22.4 Å². The number of amides is 1. The SMILES string of the molecule is Cc1csc(CCNC(=O)c2cnc(Cl)cc2C(F)(F)F)n1. The van der Waals surface area contributed by atoms with Crippen LogP contribution in [0.1, 0.15) is 26.6 Å². The van der Waals surface area contributed by atoms with E-state index in [0.717, 1.165) is 16.9 Å². The summed E-state index contributed by atoms with van der Waals surface area (Å²) in [6.45, 7) is 2.03. The lowest BCUT2D eigenvalue weighted by Gasteiger charge is -2.12. The number of rotatable bonds is 4. The number of hydrogen-bond donors (Lipinski definition) is 1. The van der Waals surface area contributed by atoms with E-state index in [1.165, 1.54) is 11.3 Å². The van der Waals surface area contributed by atoms with Gasteiger partial charge in [-0.2, -0.15) is 13.2 Å². The molecule has 0 spiro atoms. The van der Waals surface area contributed by atoms with Crippen LogP contribution in [0, 0.1) is 6.92 Å². The van der Waals surface area contributed by atoms with Crippen molar-refractivity contribution in [1.82, 2.24) is 15.3 Å². The number of aryl methyl sites for hydroxylation is 1. The molecule has 1 amide bonds. The lowest BCUT2D eigenvalue weighted by molar-refractivity contribution is -0.138. The summed E-state index contributed by atoms with van der Waals surface area (Å²) in [4.78, 5) is 19.7. The molecule has 2 rings (SSSR count). The maximum absolute atomic E-state index is 12.9. The number of halogens is 4. The Hall–Kier alpha value is -1.67. The molecule has 2 aromatic heterocycles. The Kier molecular flexibility index (Phi) is 5.02. The number of alkyl halides is 3. The van der Waals surface area contributed by atoms with E-state index >= 15 is 0 Å². The van der Waals surface area contributed by atoms with E-state index in [9.17, 15) is 18.0 Å². The Labute approximate surface area is 133 Å². The molecule has 22 heavy (non-hydrogen) atoms. The number of carbonyl (C=O) groups excluding carboxylic acids is 1. The number of thiazole rings is 1. The van der Waals surface area contributed by atoms with Crippen molar-refractivity contribution in [3.05, 3.63) is 44.6 Å². The monoisotopic (exact) mass is 349 g/mol. The zero-order valence-electron chi connectivity index (χ0n) is 11.4. The van der Waals surface area contributed by atoms with Gasteiger partial charge in [-0.15, -0.1) is 11.3 Å². The fourth-order valence-electron chi connectivity index (χ4n) is 1.74. The molecule has 0 aliphatic carbocycles. The number of nitrogens with one attached hydrogen (secondary N) is 1. The van der Waals surface area contributed by atoms with Crippen LogP contribution in [0.5, 0.6) is 0 Å². The van der Waals surface area contributed by atoms with Crippen LogP contribution in [-0.2, 0) is 12.6 Å². The van der Waals surface area contributed by atoms with Gasteiger partial charge in [0.25, 0.3) is 5.91 Å². The van der Waals surface area contributed by atoms with E-state index < -0.39 is 23.2 Å². The summed E-state index contributed by atoms with van der Waals surface area (Å²) in [5.74, 6) is -0.843. The van der Waals surface area contributed by atoms with Gasteiger partial charge < -0.3 is 5.32 Å². The van der Waals surface area contributed by atoms with Crippen molar-refractivity contribution in [2.75, 3.05) is 6.54 Å². The van der Waals surface area contributed by atoms with Crippen LogP contribution in [0.25, 0.3) is 0 Å². The number of pyridine rings is 1. The number of hydrogen-bond acceptors (Lipinski definition) is 4. The number of aromatic nitrogens is 2. The van der Waals surface area contributed by atoms with Gasteiger partial charge in [-0.3, -0.25) is 4.79 Å². The first-order valence-electron chi connectivity index (χ1n) is 6.19. The van der Waals surface area contributed by atoms with E-state index in [-0.39, 0.29) is 11.7 Å². The summed E-state index contributed by atoms with van der Waals surface area (Å²) in [6.07, 6.45) is -3.40. The quantitative estimate of drug-likeness (QED) is 0.860. The van der Waals surface area contributed by atoms with Crippen molar-refractivity contribution in [3.63, 3.8) is 0 Å². The molecule has 4 nitrogen and oxygen atoms in total. The summed E-state index contributed by atoms with van der Waals surface area (Å²) < 4.78 is 38.7. The average Bonchev–Trinajstić information content (AvgIpc) is 2.83. The Morgan fingerprint density at radius 2 is 2.18 bits per heavy atom. The predicted octanol–water partition coefficient (Wildman–Crippen LogP) is 3.49. The third-order valence-electron chi connectivity index (χ3n) is 2.71. The number of nitrogens with zero attached hydrogens (tertiary/aromatic N) is 2. The highest BCUT2D eigenvalue weighted by molar-refractivity contribution is 7.09. The molecule has 0 aromatic carbocycles. The maximum atomic E-state index is 12.9. The van der Waals surface area contributed by atoms with E-state index in [0.29, 0.717) is 12.5 Å². The van der Waals surface area contributed by atoms with Crippen molar-refractivity contribution in [1.29, 1.82) is 0 Å². The highest BCUT2D eigenvalue weighted by Crippen LogP contribution is 2.32. The normalized spacial score (nSPS) is 11.5. The molecule has 0 aliphatic rings. The Bertz CT molecular complexity index is 687. The van der Waals surface area contributed by atoms with Crippen molar-refractivity contribution in [2.24, 2.45) is 0 Å². The van der Waals surface area contributed by atoms with Gasteiger partial charge in [-0.1, -0.05) is 11.6 Å². The molecule has 0 fully saturated rings. The van der Waals surface area contributed by atoms with Gasteiger partial charge in [0.05, 0.1) is 16.1 Å². The van der Waals surface area contributed by atoms with Crippen LogP contribution in [0.15, 0.2) is 17.6 Å². The molecule has 0 saturated heterocycles. The molecule has 2 heterocycles. The Morgan fingerprint density at radius 3 is 2.77 bits per heavy atom.